The van der Waals surface area contributed by atoms with E-state index in [9.17, 15) is 4.21 Å². The van der Waals surface area contributed by atoms with Crippen LogP contribution < -0.4 is 5.73 Å². The van der Waals surface area contributed by atoms with Crippen molar-refractivity contribution in [2.45, 2.75) is 10.6 Å². The molecule has 0 radical (unpaired) electrons. The van der Waals surface area contributed by atoms with Crippen molar-refractivity contribution in [1.29, 1.82) is 0 Å². The van der Waals surface area contributed by atoms with Crippen molar-refractivity contribution < 1.29 is 4.21 Å². The molecule has 0 aliphatic heterocycles. The molecule has 0 fully saturated rings. The van der Waals surface area contributed by atoms with Crippen molar-refractivity contribution >= 4 is 55.6 Å². The highest BCUT2D eigenvalue weighted by Gasteiger charge is 2.13. The SMILES string of the molecule is Nc1ccc(Br)cc1S(=O)Cc1c(Cl)cccc1Cl. The maximum atomic E-state index is 12.4. The maximum absolute atomic E-state index is 12.4. The molecule has 19 heavy (non-hydrogen) atoms. The molecular weight excluding hydrogens is 369 g/mol. The second-order valence-corrected chi connectivity index (χ2v) is 7.02. The average molecular weight is 379 g/mol. The number of nitrogen functional groups attached to an aromatic ring is 1. The van der Waals surface area contributed by atoms with Gasteiger partial charge in [-0.2, -0.15) is 0 Å². The Kier molecular flexibility index (Phi) is 4.90. The van der Waals surface area contributed by atoms with Gasteiger partial charge in [-0.05, 0) is 30.3 Å². The Balaban J connectivity index is 2.34. The lowest BCUT2D eigenvalue weighted by atomic mass is 10.2. The van der Waals surface area contributed by atoms with E-state index < -0.39 is 10.8 Å². The second kappa shape index (κ2) is 6.27. The van der Waals surface area contributed by atoms with Crippen LogP contribution in [0.1, 0.15) is 5.56 Å². The van der Waals surface area contributed by atoms with E-state index in [4.69, 9.17) is 28.9 Å². The zero-order valence-corrected chi connectivity index (χ0v) is 13.6. The van der Waals surface area contributed by atoms with Gasteiger partial charge >= 0.3 is 0 Å². The van der Waals surface area contributed by atoms with Crippen molar-refractivity contribution in [1.82, 2.24) is 0 Å². The quantitative estimate of drug-likeness (QED) is 0.790. The molecule has 1 atom stereocenters. The van der Waals surface area contributed by atoms with E-state index in [0.717, 1.165) is 4.47 Å². The Morgan fingerprint density at radius 3 is 2.42 bits per heavy atom. The largest absolute Gasteiger partial charge is 0.398 e. The highest BCUT2D eigenvalue weighted by molar-refractivity contribution is 9.10. The Morgan fingerprint density at radius 2 is 1.79 bits per heavy atom. The molecule has 0 aliphatic rings. The van der Waals surface area contributed by atoms with Gasteiger partial charge in [0.2, 0.25) is 0 Å². The van der Waals surface area contributed by atoms with Crippen molar-refractivity contribution in [3.8, 4) is 0 Å². The maximum Gasteiger partial charge on any atom is 0.0632 e. The summed E-state index contributed by atoms with van der Waals surface area (Å²) in [6.07, 6.45) is 0. The van der Waals surface area contributed by atoms with Crippen LogP contribution in [-0.4, -0.2) is 4.21 Å². The van der Waals surface area contributed by atoms with Crippen LogP contribution in [0.2, 0.25) is 10.0 Å². The summed E-state index contributed by atoms with van der Waals surface area (Å²) in [4.78, 5) is 0.574. The van der Waals surface area contributed by atoms with Crippen molar-refractivity contribution in [2.24, 2.45) is 0 Å². The van der Waals surface area contributed by atoms with Gasteiger partial charge < -0.3 is 5.73 Å². The lowest BCUT2D eigenvalue weighted by molar-refractivity contribution is 0.683. The lowest BCUT2D eigenvalue weighted by Gasteiger charge is -2.09. The molecular formula is C13H10BrCl2NOS. The Bertz CT molecular complexity index is 628. The van der Waals surface area contributed by atoms with Gasteiger partial charge in [-0.25, -0.2) is 0 Å². The number of halogens is 3. The second-order valence-electron chi connectivity index (χ2n) is 3.87. The van der Waals surface area contributed by atoms with Crippen LogP contribution in [0.5, 0.6) is 0 Å². The normalized spacial score (nSPS) is 12.4. The summed E-state index contributed by atoms with van der Waals surface area (Å²) < 4.78 is 13.2. The number of hydrogen-bond acceptors (Lipinski definition) is 2. The summed E-state index contributed by atoms with van der Waals surface area (Å²) in [5.74, 6) is 0.235. The number of hydrogen-bond donors (Lipinski definition) is 1. The first kappa shape index (κ1) is 14.9. The molecule has 2 nitrogen and oxygen atoms in total. The third-order valence-corrected chi connectivity index (χ3v) is 5.15. The molecule has 0 saturated heterocycles. The molecule has 2 N–H and O–H groups in total. The first-order valence-corrected chi connectivity index (χ1v) is 8.22. The van der Waals surface area contributed by atoms with Gasteiger partial charge in [0, 0.05) is 25.8 Å². The predicted molar refractivity (Wildman–Crippen MR) is 85.1 cm³/mol. The minimum absolute atomic E-state index is 0.235. The van der Waals surface area contributed by atoms with E-state index in [2.05, 4.69) is 15.9 Å². The van der Waals surface area contributed by atoms with Crippen LogP contribution >= 0.6 is 39.1 Å². The van der Waals surface area contributed by atoms with Gasteiger partial charge in [0.05, 0.1) is 21.4 Å². The van der Waals surface area contributed by atoms with Gasteiger partial charge in [-0.3, -0.25) is 4.21 Å². The van der Waals surface area contributed by atoms with Crippen molar-refractivity contribution in [2.75, 3.05) is 5.73 Å². The highest BCUT2D eigenvalue weighted by atomic mass is 79.9. The molecule has 1 unspecified atom stereocenters. The number of nitrogens with two attached hydrogens (primary N) is 1. The van der Waals surface area contributed by atoms with Crippen LogP contribution in [-0.2, 0) is 16.6 Å². The van der Waals surface area contributed by atoms with Crippen LogP contribution in [0.3, 0.4) is 0 Å². The molecule has 0 amide bonds. The van der Waals surface area contributed by atoms with E-state index in [0.29, 0.717) is 26.2 Å². The van der Waals surface area contributed by atoms with E-state index >= 15 is 0 Å². The predicted octanol–water partition coefficient (Wildman–Crippen LogP) is 4.65. The third-order valence-electron chi connectivity index (χ3n) is 2.56. The average Bonchev–Trinajstić information content (AvgIpc) is 2.37. The summed E-state index contributed by atoms with van der Waals surface area (Å²) in [5.41, 5.74) is 7.00. The standard InChI is InChI=1S/C13H10BrCl2NOS/c14-8-4-5-12(17)13(6-8)19(18)7-9-10(15)2-1-3-11(9)16/h1-6H,7,17H2. The van der Waals surface area contributed by atoms with Crippen LogP contribution in [0.25, 0.3) is 0 Å². The zero-order valence-electron chi connectivity index (χ0n) is 9.70. The smallest absolute Gasteiger partial charge is 0.0632 e. The monoisotopic (exact) mass is 377 g/mol. The fourth-order valence-corrected chi connectivity index (χ4v) is 4.10. The van der Waals surface area contributed by atoms with Crippen molar-refractivity contribution in [3.05, 3.63) is 56.5 Å². The summed E-state index contributed by atoms with van der Waals surface area (Å²) >= 11 is 15.5. The molecule has 0 aromatic heterocycles. The molecule has 0 spiro atoms. The number of benzene rings is 2. The summed E-state index contributed by atoms with van der Waals surface area (Å²) in [6, 6.07) is 10.5. The molecule has 0 bridgehead atoms. The lowest BCUT2D eigenvalue weighted by Crippen LogP contribution is -2.02. The van der Waals surface area contributed by atoms with Gasteiger partial charge in [-0.1, -0.05) is 45.2 Å². The number of rotatable bonds is 3. The molecule has 0 heterocycles. The fourth-order valence-electron chi connectivity index (χ4n) is 1.58. The van der Waals surface area contributed by atoms with Crippen LogP contribution in [0.4, 0.5) is 5.69 Å². The zero-order chi connectivity index (χ0) is 14.0. The summed E-state index contributed by atoms with van der Waals surface area (Å²) in [7, 11) is -1.30. The van der Waals surface area contributed by atoms with Crippen molar-refractivity contribution in [3.63, 3.8) is 0 Å². The van der Waals surface area contributed by atoms with E-state index in [1.165, 1.54) is 0 Å². The Labute approximate surface area is 132 Å². The Morgan fingerprint density at radius 1 is 1.16 bits per heavy atom. The topological polar surface area (TPSA) is 43.1 Å². The summed E-state index contributed by atoms with van der Waals surface area (Å²) in [6.45, 7) is 0. The highest BCUT2D eigenvalue weighted by Crippen LogP contribution is 2.29. The number of anilines is 1. The minimum atomic E-state index is -1.30. The summed E-state index contributed by atoms with van der Waals surface area (Å²) in [5, 5.41) is 1.02. The van der Waals surface area contributed by atoms with Gasteiger partial charge in [0.15, 0.2) is 0 Å². The van der Waals surface area contributed by atoms with E-state index in [1.54, 1.807) is 36.4 Å². The molecule has 0 aliphatic carbocycles. The fraction of sp³-hybridized carbons (Fsp3) is 0.0769. The van der Waals surface area contributed by atoms with E-state index in [-0.39, 0.29) is 5.75 Å². The third kappa shape index (κ3) is 3.51. The first-order chi connectivity index (χ1) is 8.99. The Hall–Kier alpha value is -0.550. The molecule has 6 heteroatoms. The minimum Gasteiger partial charge on any atom is -0.398 e. The molecule has 2 aromatic carbocycles. The van der Waals surface area contributed by atoms with Crippen LogP contribution in [0.15, 0.2) is 45.8 Å². The molecule has 0 saturated carbocycles. The van der Waals surface area contributed by atoms with Crippen LogP contribution in [0, 0.1) is 0 Å². The van der Waals surface area contributed by atoms with E-state index in [1.807, 2.05) is 0 Å². The van der Waals surface area contributed by atoms with Gasteiger partial charge in [0.1, 0.15) is 0 Å². The molecule has 100 valence electrons. The first-order valence-electron chi connectivity index (χ1n) is 5.35. The van der Waals surface area contributed by atoms with Gasteiger partial charge in [0.25, 0.3) is 0 Å². The molecule has 2 rings (SSSR count). The van der Waals surface area contributed by atoms with Gasteiger partial charge in [-0.15, -0.1) is 0 Å². The molecule has 2 aromatic rings.